The maximum atomic E-state index is 13.1. The maximum absolute atomic E-state index is 13.1. The molecule has 0 unspecified atom stereocenters. The second-order valence-corrected chi connectivity index (χ2v) is 7.94. The molecule has 0 spiro atoms. The van der Waals surface area contributed by atoms with E-state index < -0.39 is 32.4 Å². The van der Waals surface area contributed by atoms with Crippen LogP contribution < -0.4 is 0 Å². The second kappa shape index (κ2) is 6.34. The predicted octanol–water partition coefficient (Wildman–Crippen LogP) is 2.70. The number of rotatable bonds is 5. The average Bonchev–Trinajstić information content (AvgIpc) is 3.35. The highest BCUT2D eigenvalue weighted by Crippen LogP contribution is 2.64. The number of nitrogens with zero attached hydrogens (tertiary/aromatic N) is 1. The second-order valence-electron chi connectivity index (χ2n) is 5.87. The molecule has 2 aromatic rings. The van der Waals surface area contributed by atoms with Gasteiger partial charge in [0.25, 0.3) is 0 Å². The van der Waals surface area contributed by atoms with Gasteiger partial charge >= 0.3 is 5.97 Å². The summed E-state index contributed by atoms with van der Waals surface area (Å²) in [7, 11) is -3.87. The average molecular weight is 355 g/mol. The summed E-state index contributed by atoms with van der Waals surface area (Å²) in [6.07, 6.45) is 0. The molecule has 128 valence electrons. The Morgan fingerprint density at radius 2 is 1.68 bits per heavy atom. The van der Waals surface area contributed by atoms with Crippen molar-refractivity contribution >= 4 is 15.8 Å². The van der Waals surface area contributed by atoms with Gasteiger partial charge in [-0.25, -0.2) is 8.42 Å². The Morgan fingerprint density at radius 1 is 1.12 bits per heavy atom. The van der Waals surface area contributed by atoms with Crippen LogP contribution in [0, 0.1) is 16.7 Å². The molecule has 0 bridgehead atoms. The van der Waals surface area contributed by atoms with E-state index >= 15 is 0 Å². The van der Waals surface area contributed by atoms with Crippen molar-refractivity contribution in [3.63, 3.8) is 0 Å². The number of hydrogen-bond donors (Lipinski definition) is 0. The molecule has 1 aliphatic carbocycles. The minimum absolute atomic E-state index is 0.0852. The van der Waals surface area contributed by atoms with E-state index in [1.165, 1.54) is 12.1 Å². The van der Waals surface area contributed by atoms with Crippen molar-refractivity contribution in [3.8, 4) is 6.07 Å². The smallest absolute Gasteiger partial charge is 0.328 e. The van der Waals surface area contributed by atoms with E-state index in [2.05, 4.69) is 0 Å². The Morgan fingerprint density at radius 3 is 2.20 bits per heavy atom. The highest BCUT2D eigenvalue weighted by Gasteiger charge is 2.77. The molecule has 0 amide bonds. The summed E-state index contributed by atoms with van der Waals surface area (Å²) in [6.45, 7) is 1.71. The molecule has 0 heterocycles. The van der Waals surface area contributed by atoms with Crippen LogP contribution in [-0.2, 0) is 19.4 Å². The van der Waals surface area contributed by atoms with E-state index in [0.717, 1.165) is 0 Å². The van der Waals surface area contributed by atoms with Gasteiger partial charge in [0.1, 0.15) is 5.25 Å². The van der Waals surface area contributed by atoms with Crippen LogP contribution in [0.25, 0.3) is 0 Å². The summed E-state index contributed by atoms with van der Waals surface area (Å²) >= 11 is 0. The monoisotopic (exact) mass is 355 g/mol. The molecule has 5 nitrogen and oxygen atoms in total. The zero-order valence-corrected chi connectivity index (χ0v) is 14.4. The van der Waals surface area contributed by atoms with Crippen LogP contribution in [-0.4, -0.2) is 26.2 Å². The number of ether oxygens (including phenoxy) is 1. The summed E-state index contributed by atoms with van der Waals surface area (Å²) in [5.74, 6) is -1.53. The van der Waals surface area contributed by atoms with Crippen molar-refractivity contribution < 1.29 is 17.9 Å². The molecule has 6 heteroatoms. The largest absolute Gasteiger partial charge is 0.465 e. The van der Waals surface area contributed by atoms with Crippen molar-refractivity contribution in [2.45, 2.75) is 23.0 Å². The molecule has 3 rings (SSSR count). The third-order valence-corrected chi connectivity index (χ3v) is 6.74. The Kier molecular flexibility index (Phi) is 4.36. The molecule has 0 radical (unpaired) electrons. The van der Waals surface area contributed by atoms with Crippen molar-refractivity contribution in [1.29, 1.82) is 5.26 Å². The highest BCUT2D eigenvalue weighted by molar-refractivity contribution is 7.92. The third kappa shape index (κ3) is 2.61. The Hall–Kier alpha value is -2.65. The normalized spacial score (nSPS) is 25.0. The third-order valence-electron chi connectivity index (χ3n) is 4.50. The summed E-state index contributed by atoms with van der Waals surface area (Å²) in [5, 5.41) is 8.59. The van der Waals surface area contributed by atoms with Crippen LogP contribution in [0.15, 0.2) is 65.6 Å². The van der Waals surface area contributed by atoms with Gasteiger partial charge in [0, 0.05) is 5.92 Å². The van der Waals surface area contributed by atoms with Gasteiger partial charge in [-0.3, -0.25) is 4.79 Å². The Bertz CT molecular complexity index is 919. The molecule has 0 saturated heterocycles. The number of esters is 1. The lowest BCUT2D eigenvalue weighted by Gasteiger charge is -2.09. The first-order valence-electron chi connectivity index (χ1n) is 7.92. The fraction of sp³-hybridized carbons (Fsp3) is 0.263. The molecule has 2 aromatic carbocycles. The maximum Gasteiger partial charge on any atom is 0.328 e. The summed E-state index contributed by atoms with van der Waals surface area (Å²) in [6, 6.07) is 18.6. The zero-order valence-electron chi connectivity index (χ0n) is 13.6. The molecular formula is C19H17NO4S. The van der Waals surface area contributed by atoms with Gasteiger partial charge in [0.05, 0.1) is 17.6 Å². The topological polar surface area (TPSA) is 84.2 Å². The van der Waals surface area contributed by atoms with Crippen LogP contribution in [0.4, 0.5) is 0 Å². The Balaban J connectivity index is 2.13. The molecule has 1 saturated carbocycles. The lowest BCUT2D eigenvalue weighted by Crippen LogP contribution is -2.25. The standard InChI is InChI=1S/C19H17NO4S/c1-2-24-18(21)19(13-20)16(14-9-5-3-6-10-14)17(19)25(22,23)15-11-7-4-8-12-15/h3-12,16-17H,2H2,1H3/t16-,17-,19+/m0/s1. The molecule has 0 N–H and O–H groups in total. The van der Waals surface area contributed by atoms with E-state index in [9.17, 15) is 18.5 Å². The van der Waals surface area contributed by atoms with Crippen molar-refractivity contribution in [1.82, 2.24) is 0 Å². The quantitative estimate of drug-likeness (QED) is 0.770. The molecule has 3 atom stereocenters. The van der Waals surface area contributed by atoms with Crippen LogP contribution in [0.5, 0.6) is 0 Å². The van der Waals surface area contributed by atoms with Gasteiger partial charge < -0.3 is 4.74 Å². The molecule has 1 fully saturated rings. The summed E-state index contributed by atoms with van der Waals surface area (Å²) < 4.78 is 31.3. The summed E-state index contributed by atoms with van der Waals surface area (Å²) in [5.41, 5.74) is -1.08. The first kappa shape index (κ1) is 17.2. The van der Waals surface area contributed by atoms with Crippen molar-refractivity contribution in [2.24, 2.45) is 5.41 Å². The van der Waals surface area contributed by atoms with Crippen molar-refractivity contribution in [3.05, 3.63) is 66.2 Å². The fourth-order valence-electron chi connectivity index (χ4n) is 3.31. The SMILES string of the molecule is CCOC(=O)[C@]1(C#N)[C@@H](c2ccccc2)[C@@H]1S(=O)(=O)c1ccccc1. The number of nitriles is 1. The number of sulfone groups is 1. The van der Waals surface area contributed by atoms with Crippen molar-refractivity contribution in [2.75, 3.05) is 6.61 Å². The van der Waals surface area contributed by atoms with Crippen LogP contribution in [0.2, 0.25) is 0 Å². The molecule has 0 aromatic heterocycles. The molecule has 25 heavy (non-hydrogen) atoms. The minimum atomic E-state index is -3.87. The number of benzene rings is 2. The lowest BCUT2D eigenvalue weighted by atomic mass is 10.0. The molecule has 0 aliphatic heterocycles. The zero-order chi connectivity index (χ0) is 18.1. The number of carbonyl (C=O) groups excluding carboxylic acids is 1. The fourth-order valence-corrected chi connectivity index (χ4v) is 5.57. The Labute approximate surface area is 146 Å². The van der Waals surface area contributed by atoms with Crippen LogP contribution in [0.1, 0.15) is 18.4 Å². The lowest BCUT2D eigenvalue weighted by molar-refractivity contribution is -0.147. The van der Waals surface area contributed by atoms with Crippen LogP contribution >= 0.6 is 0 Å². The van der Waals surface area contributed by atoms with E-state index in [4.69, 9.17) is 4.74 Å². The van der Waals surface area contributed by atoms with Gasteiger partial charge in [-0.05, 0) is 24.6 Å². The highest BCUT2D eigenvalue weighted by atomic mass is 32.2. The first-order chi connectivity index (χ1) is 12.0. The van der Waals surface area contributed by atoms with E-state index in [-0.39, 0.29) is 11.5 Å². The number of hydrogen-bond acceptors (Lipinski definition) is 5. The van der Waals surface area contributed by atoms with E-state index in [0.29, 0.717) is 5.56 Å². The van der Waals surface area contributed by atoms with Gasteiger partial charge in [-0.15, -0.1) is 0 Å². The molecular weight excluding hydrogens is 338 g/mol. The van der Waals surface area contributed by atoms with Gasteiger partial charge in [-0.2, -0.15) is 5.26 Å². The van der Waals surface area contributed by atoms with Gasteiger partial charge in [-0.1, -0.05) is 48.5 Å². The minimum Gasteiger partial charge on any atom is -0.465 e. The number of carbonyl (C=O) groups is 1. The predicted molar refractivity (Wildman–Crippen MR) is 91.3 cm³/mol. The van der Waals surface area contributed by atoms with E-state index in [1.54, 1.807) is 55.5 Å². The first-order valence-corrected chi connectivity index (χ1v) is 9.47. The van der Waals surface area contributed by atoms with Gasteiger partial charge in [0.2, 0.25) is 0 Å². The van der Waals surface area contributed by atoms with Gasteiger partial charge in [0.15, 0.2) is 15.3 Å². The van der Waals surface area contributed by atoms with E-state index in [1.807, 2.05) is 6.07 Å². The van der Waals surface area contributed by atoms with Crippen LogP contribution in [0.3, 0.4) is 0 Å². The summed E-state index contributed by atoms with van der Waals surface area (Å²) in [4.78, 5) is 12.6. The molecule has 1 aliphatic rings.